The summed E-state index contributed by atoms with van der Waals surface area (Å²) in [5, 5.41) is 0. The Balaban J connectivity index is 3.09. The number of alkyl halides is 3. The first-order chi connectivity index (χ1) is 6.95. The van der Waals surface area contributed by atoms with Crippen LogP contribution in [0.1, 0.15) is 16.7 Å². The minimum Gasteiger partial charge on any atom is -0.299 e. The van der Waals surface area contributed by atoms with Crippen molar-refractivity contribution in [1.29, 1.82) is 0 Å². The summed E-state index contributed by atoms with van der Waals surface area (Å²) < 4.78 is 36.8. The van der Waals surface area contributed by atoms with Gasteiger partial charge in [-0.25, -0.2) is 0 Å². The molecule has 0 spiro atoms. The van der Waals surface area contributed by atoms with Crippen LogP contribution in [0.4, 0.5) is 13.2 Å². The molecular formula is C11H9F3O. The van der Waals surface area contributed by atoms with Crippen LogP contribution in [0, 0.1) is 6.92 Å². The normalized spacial score (nSPS) is 12.0. The van der Waals surface area contributed by atoms with Crippen molar-refractivity contribution in [2.24, 2.45) is 0 Å². The van der Waals surface area contributed by atoms with Crippen molar-refractivity contribution >= 4 is 12.4 Å². The molecule has 1 nitrogen and oxygen atoms in total. The predicted molar refractivity (Wildman–Crippen MR) is 51.3 cm³/mol. The molecule has 0 aliphatic carbocycles. The molecule has 15 heavy (non-hydrogen) atoms. The van der Waals surface area contributed by atoms with Gasteiger partial charge < -0.3 is 0 Å². The van der Waals surface area contributed by atoms with Gasteiger partial charge in [0.05, 0.1) is 5.56 Å². The van der Waals surface area contributed by atoms with Gasteiger partial charge in [0.2, 0.25) is 0 Å². The molecule has 0 aliphatic heterocycles. The van der Waals surface area contributed by atoms with Crippen LogP contribution in [-0.2, 0) is 11.0 Å². The zero-order valence-corrected chi connectivity index (χ0v) is 8.01. The van der Waals surface area contributed by atoms with Crippen molar-refractivity contribution < 1.29 is 18.0 Å². The topological polar surface area (TPSA) is 17.1 Å². The Morgan fingerprint density at radius 3 is 2.40 bits per heavy atom. The first-order valence-electron chi connectivity index (χ1n) is 4.25. The van der Waals surface area contributed by atoms with Crippen LogP contribution < -0.4 is 0 Å². The molecule has 0 amide bonds. The minimum absolute atomic E-state index is 0.489. The molecule has 1 aromatic carbocycles. The number of aryl methyl sites for hydroxylation is 1. The first kappa shape index (κ1) is 11.5. The van der Waals surface area contributed by atoms with Crippen molar-refractivity contribution in [2.75, 3.05) is 0 Å². The highest BCUT2D eigenvalue weighted by atomic mass is 19.4. The lowest BCUT2D eigenvalue weighted by Crippen LogP contribution is -2.05. The van der Waals surface area contributed by atoms with E-state index in [0.717, 1.165) is 12.1 Å². The Labute approximate surface area is 85.2 Å². The molecule has 4 heteroatoms. The summed E-state index contributed by atoms with van der Waals surface area (Å²) in [6.45, 7) is 1.57. The van der Waals surface area contributed by atoms with Gasteiger partial charge in [-0.3, -0.25) is 4.79 Å². The SMILES string of the molecule is Cc1cc(C(F)(F)F)ccc1C=CC=O. The second-order valence-electron chi connectivity index (χ2n) is 3.06. The highest BCUT2D eigenvalue weighted by Crippen LogP contribution is 2.30. The number of hydrogen-bond donors (Lipinski definition) is 0. The first-order valence-corrected chi connectivity index (χ1v) is 4.25. The molecule has 0 saturated heterocycles. The molecule has 0 N–H and O–H groups in total. The zero-order chi connectivity index (χ0) is 11.5. The van der Waals surface area contributed by atoms with Crippen molar-refractivity contribution in [2.45, 2.75) is 13.1 Å². The maximum Gasteiger partial charge on any atom is 0.416 e. The van der Waals surface area contributed by atoms with Gasteiger partial charge in [0.15, 0.2) is 0 Å². The summed E-state index contributed by atoms with van der Waals surface area (Å²) in [6, 6.07) is 3.40. The summed E-state index contributed by atoms with van der Waals surface area (Å²) in [4.78, 5) is 10.0. The third kappa shape index (κ3) is 2.94. The second kappa shape index (κ2) is 4.29. The Morgan fingerprint density at radius 1 is 1.27 bits per heavy atom. The van der Waals surface area contributed by atoms with Crippen LogP contribution in [0.3, 0.4) is 0 Å². The highest BCUT2D eigenvalue weighted by molar-refractivity contribution is 5.74. The zero-order valence-electron chi connectivity index (χ0n) is 8.01. The van der Waals surface area contributed by atoms with Gasteiger partial charge >= 0.3 is 6.18 Å². The molecule has 1 aromatic rings. The summed E-state index contributed by atoms with van der Waals surface area (Å²) in [6.07, 6.45) is -1.02. The number of halogens is 3. The van der Waals surface area contributed by atoms with E-state index >= 15 is 0 Å². The Morgan fingerprint density at radius 2 is 1.93 bits per heavy atom. The highest BCUT2D eigenvalue weighted by Gasteiger charge is 2.30. The Kier molecular flexibility index (Phi) is 3.29. The number of carbonyl (C=O) groups excluding carboxylic acids is 1. The molecule has 0 atom stereocenters. The van der Waals surface area contributed by atoms with Crippen LogP contribution in [0.5, 0.6) is 0 Å². The molecule has 0 radical (unpaired) electrons. The monoisotopic (exact) mass is 214 g/mol. The third-order valence-electron chi connectivity index (χ3n) is 1.95. The van der Waals surface area contributed by atoms with E-state index in [1.165, 1.54) is 18.2 Å². The Hall–Kier alpha value is -1.58. The van der Waals surface area contributed by atoms with Crippen LogP contribution in [0.2, 0.25) is 0 Å². The van der Waals surface area contributed by atoms with Crippen LogP contribution in [-0.4, -0.2) is 6.29 Å². The lowest BCUT2D eigenvalue weighted by Gasteiger charge is -2.08. The number of rotatable bonds is 2. The van der Waals surface area contributed by atoms with Gasteiger partial charge in [0.1, 0.15) is 6.29 Å². The molecule has 0 heterocycles. The van der Waals surface area contributed by atoms with Crippen molar-refractivity contribution in [3.8, 4) is 0 Å². The molecule has 80 valence electrons. The van der Waals surface area contributed by atoms with Crippen LogP contribution in [0.25, 0.3) is 6.08 Å². The average molecular weight is 214 g/mol. The molecule has 0 aliphatic rings. The smallest absolute Gasteiger partial charge is 0.299 e. The fraction of sp³-hybridized carbons (Fsp3) is 0.182. The largest absolute Gasteiger partial charge is 0.416 e. The summed E-state index contributed by atoms with van der Waals surface area (Å²) in [5.41, 5.74) is 0.418. The fourth-order valence-corrected chi connectivity index (χ4v) is 1.18. The van der Waals surface area contributed by atoms with Crippen molar-refractivity contribution in [3.05, 3.63) is 41.0 Å². The van der Waals surface area contributed by atoms with Gasteiger partial charge in [-0.05, 0) is 36.3 Å². The van der Waals surface area contributed by atoms with Gasteiger partial charge in [0, 0.05) is 0 Å². The predicted octanol–water partition coefficient (Wildman–Crippen LogP) is 3.23. The number of benzene rings is 1. The number of aldehydes is 1. The molecule has 0 bridgehead atoms. The summed E-state index contributed by atoms with van der Waals surface area (Å²) in [5.74, 6) is 0. The van der Waals surface area contributed by atoms with Gasteiger partial charge in [-0.2, -0.15) is 13.2 Å². The van der Waals surface area contributed by atoms with E-state index in [4.69, 9.17) is 0 Å². The van der Waals surface area contributed by atoms with Crippen LogP contribution >= 0.6 is 0 Å². The van der Waals surface area contributed by atoms with E-state index in [2.05, 4.69) is 0 Å². The van der Waals surface area contributed by atoms with E-state index in [9.17, 15) is 18.0 Å². The molecule has 0 saturated carbocycles. The average Bonchev–Trinajstić information content (AvgIpc) is 2.14. The lowest BCUT2D eigenvalue weighted by atomic mass is 10.0. The van der Waals surface area contributed by atoms with Gasteiger partial charge in [-0.15, -0.1) is 0 Å². The second-order valence-corrected chi connectivity index (χ2v) is 3.06. The summed E-state index contributed by atoms with van der Waals surface area (Å²) in [7, 11) is 0. The van der Waals surface area contributed by atoms with Crippen molar-refractivity contribution in [3.63, 3.8) is 0 Å². The van der Waals surface area contributed by atoms with Gasteiger partial charge in [-0.1, -0.05) is 12.1 Å². The lowest BCUT2D eigenvalue weighted by molar-refractivity contribution is -0.137. The standard InChI is InChI=1S/C11H9F3O/c1-8-7-10(11(12,13)14)5-4-9(8)3-2-6-15/h2-7H,1H3. The maximum absolute atomic E-state index is 12.3. The fourth-order valence-electron chi connectivity index (χ4n) is 1.18. The Bertz CT molecular complexity index is 391. The van der Waals surface area contributed by atoms with Gasteiger partial charge in [0.25, 0.3) is 0 Å². The molecule has 1 rings (SSSR count). The molecule has 0 fully saturated rings. The number of carbonyl (C=O) groups is 1. The minimum atomic E-state index is -4.32. The molecule has 0 unspecified atom stereocenters. The van der Waals surface area contributed by atoms with E-state index in [0.29, 0.717) is 17.4 Å². The van der Waals surface area contributed by atoms with Crippen LogP contribution in [0.15, 0.2) is 24.3 Å². The van der Waals surface area contributed by atoms with E-state index in [-0.39, 0.29) is 0 Å². The van der Waals surface area contributed by atoms with Crippen molar-refractivity contribution in [1.82, 2.24) is 0 Å². The van der Waals surface area contributed by atoms with E-state index in [1.54, 1.807) is 6.92 Å². The number of hydrogen-bond acceptors (Lipinski definition) is 1. The molecular weight excluding hydrogens is 205 g/mol. The third-order valence-corrected chi connectivity index (χ3v) is 1.95. The summed E-state index contributed by atoms with van der Waals surface area (Å²) >= 11 is 0. The van der Waals surface area contributed by atoms with E-state index in [1.807, 2.05) is 0 Å². The number of allylic oxidation sites excluding steroid dienone is 1. The molecule has 0 aromatic heterocycles. The van der Waals surface area contributed by atoms with E-state index < -0.39 is 11.7 Å². The maximum atomic E-state index is 12.3. The quantitative estimate of drug-likeness (QED) is 0.545.